The van der Waals surface area contributed by atoms with Crippen molar-refractivity contribution < 1.29 is 19.1 Å². The molecule has 0 unspecified atom stereocenters. The van der Waals surface area contributed by atoms with Crippen molar-refractivity contribution in [3.05, 3.63) is 47.7 Å². The number of ether oxygens (including phenoxy) is 2. The molecule has 1 aliphatic heterocycles. The molecule has 1 aromatic rings. The lowest BCUT2D eigenvalue weighted by Gasteiger charge is -2.48. The van der Waals surface area contributed by atoms with E-state index < -0.39 is 11.3 Å². The predicted octanol–water partition coefficient (Wildman–Crippen LogP) is 1.79. The first-order valence-electron chi connectivity index (χ1n) is 7.82. The number of rotatable bonds is 3. The van der Waals surface area contributed by atoms with Gasteiger partial charge in [0.05, 0.1) is 20.1 Å². The molecule has 1 fully saturated rings. The Morgan fingerprint density at radius 3 is 2.65 bits per heavy atom. The summed E-state index contributed by atoms with van der Waals surface area (Å²) in [5.41, 5.74) is -0.0486. The number of benzene rings is 1. The van der Waals surface area contributed by atoms with Gasteiger partial charge in [-0.15, -0.1) is 0 Å². The lowest BCUT2D eigenvalue weighted by Crippen LogP contribution is -2.61. The molecule has 0 saturated carbocycles. The summed E-state index contributed by atoms with van der Waals surface area (Å²) in [6, 6.07) is 9.20. The number of hydrogen-bond acceptors (Lipinski definition) is 5. The Bertz CT molecular complexity index is 640. The number of allylic oxidation sites excluding steroid dienone is 1. The molecule has 0 bridgehead atoms. The van der Waals surface area contributed by atoms with E-state index in [9.17, 15) is 9.59 Å². The van der Waals surface area contributed by atoms with Crippen LogP contribution in [0.2, 0.25) is 0 Å². The smallest absolute Gasteiger partial charge is 0.321 e. The van der Waals surface area contributed by atoms with E-state index in [0.29, 0.717) is 12.2 Å². The zero-order chi connectivity index (χ0) is 16.4. The average molecular weight is 315 g/mol. The molecule has 3 atom stereocenters. The van der Waals surface area contributed by atoms with E-state index in [1.807, 2.05) is 30.3 Å². The molecule has 0 radical (unpaired) electrons. The molecule has 1 aromatic carbocycles. The van der Waals surface area contributed by atoms with Gasteiger partial charge in [0.25, 0.3) is 0 Å². The van der Waals surface area contributed by atoms with Gasteiger partial charge >= 0.3 is 5.97 Å². The van der Waals surface area contributed by atoms with E-state index in [-0.39, 0.29) is 17.8 Å². The van der Waals surface area contributed by atoms with Gasteiger partial charge in [0.1, 0.15) is 11.2 Å². The third-order valence-corrected chi connectivity index (χ3v) is 4.92. The number of hydrogen-bond donors (Lipinski definition) is 1. The van der Waals surface area contributed by atoms with Gasteiger partial charge in [-0.2, -0.15) is 0 Å². The zero-order valence-corrected chi connectivity index (χ0v) is 13.4. The fourth-order valence-electron chi connectivity index (χ4n) is 3.92. The summed E-state index contributed by atoms with van der Waals surface area (Å²) in [4.78, 5) is 25.4. The Morgan fingerprint density at radius 1 is 1.26 bits per heavy atom. The van der Waals surface area contributed by atoms with Crippen LogP contribution in [0.15, 0.2) is 42.2 Å². The van der Waals surface area contributed by atoms with Crippen molar-refractivity contribution in [1.82, 2.24) is 5.32 Å². The highest BCUT2D eigenvalue weighted by Gasteiger charge is 2.58. The van der Waals surface area contributed by atoms with Crippen LogP contribution in [-0.2, 0) is 19.1 Å². The fraction of sp³-hybridized carbons (Fsp3) is 0.444. The van der Waals surface area contributed by atoms with Crippen LogP contribution in [0, 0.1) is 5.41 Å². The van der Waals surface area contributed by atoms with E-state index in [4.69, 9.17) is 9.47 Å². The second kappa shape index (κ2) is 6.16. The molecular formula is C18H21NO4. The van der Waals surface area contributed by atoms with Gasteiger partial charge in [0, 0.05) is 12.1 Å². The Hall–Kier alpha value is -2.14. The number of nitrogens with one attached hydrogen (secondary N) is 1. The van der Waals surface area contributed by atoms with Crippen LogP contribution < -0.4 is 5.32 Å². The minimum absolute atomic E-state index is 0.0491. The zero-order valence-electron chi connectivity index (χ0n) is 13.4. The summed E-state index contributed by atoms with van der Waals surface area (Å²) in [6.45, 7) is 0.761. The van der Waals surface area contributed by atoms with E-state index in [1.54, 1.807) is 0 Å². The SMILES string of the molecule is COC(=O)[C@@]12CCCN[C@@H]1[C@H](c1ccccc1)C(=O)C=C2OC. The lowest BCUT2D eigenvalue weighted by molar-refractivity contribution is -0.158. The van der Waals surface area contributed by atoms with E-state index in [2.05, 4.69) is 5.32 Å². The number of ketones is 1. The van der Waals surface area contributed by atoms with Crippen molar-refractivity contribution in [2.75, 3.05) is 20.8 Å². The van der Waals surface area contributed by atoms with Crippen LogP contribution in [0.5, 0.6) is 0 Å². The minimum atomic E-state index is -0.948. The Balaban J connectivity index is 2.16. The third kappa shape index (κ3) is 2.36. The van der Waals surface area contributed by atoms with Gasteiger partial charge in [-0.1, -0.05) is 30.3 Å². The van der Waals surface area contributed by atoms with Gasteiger partial charge in [0.2, 0.25) is 0 Å². The highest BCUT2D eigenvalue weighted by Crippen LogP contribution is 2.48. The monoisotopic (exact) mass is 315 g/mol. The second-order valence-electron chi connectivity index (χ2n) is 6.00. The van der Waals surface area contributed by atoms with Crippen molar-refractivity contribution in [3.8, 4) is 0 Å². The van der Waals surface area contributed by atoms with Crippen molar-refractivity contribution in [1.29, 1.82) is 0 Å². The normalized spacial score (nSPS) is 30.2. The number of fused-ring (bicyclic) bond motifs is 1. The number of methoxy groups -OCH3 is 2. The van der Waals surface area contributed by atoms with E-state index in [0.717, 1.165) is 18.5 Å². The first-order valence-corrected chi connectivity index (χ1v) is 7.82. The number of carbonyl (C=O) groups is 2. The number of carbonyl (C=O) groups excluding carboxylic acids is 2. The van der Waals surface area contributed by atoms with Crippen molar-refractivity contribution in [2.24, 2.45) is 5.41 Å². The van der Waals surface area contributed by atoms with Crippen LogP contribution in [0.25, 0.3) is 0 Å². The molecule has 0 amide bonds. The van der Waals surface area contributed by atoms with Gasteiger partial charge in [-0.05, 0) is 24.9 Å². The van der Waals surface area contributed by atoms with Gasteiger partial charge < -0.3 is 14.8 Å². The first-order chi connectivity index (χ1) is 11.1. The summed E-state index contributed by atoms with van der Waals surface area (Å²) < 4.78 is 10.5. The van der Waals surface area contributed by atoms with E-state index in [1.165, 1.54) is 20.3 Å². The van der Waals surface area contributed by atoms with Gasteiger partial charge in [0.15, 0.2) is 5.78 Å². The van der Waals surface area contributed by atoms with Crippen molar-refractivity contribution in [3.63, 3.8) is 0 Å². The molecule has 1 aliphatic carbocycles. The van der Waals surface area contributed by atoms with Gasteiger partial charge in [-0.25, -0.2) is 0 Å². The van der Waals surface area contributed by atoms with E-state index >= 15 is 0 Å². The van der Waals surface area contributed by atoms with Crippen molar-refractivity contribution in [2.45, 2.75) is 24.8 Å². The Morgan fingerprint density at radius 2 is 2.00 bits per heavy atom. The summed E-state index contributed by atoms with van der Waals surface area (Å²) in [5.74, 6) is -0.420. The fourth-order valence-corrected chi connectivity index (χ4v) is 3.92. The molecule has 5 heteroatoms. The molecule has 23 heavy (non-hydrogen) atoms. The van der Waals surface area contributed by atoms with Crippen LogP contribution >= 0.6 is 0 Å². The summed E-state index contributed by atoms with van der Waals surface area (Å²) in [5, 5.41) is 3.38. The summed E-state index contributed by atoms with van der Waals surface area (Å²) in [6.07, 6.45) is 2.90. The molecule has 3 rings (SSSR count). The third-order valence-electron chi connectivity index (χ3n) is 4.92. The Labute approximate surface area is 135 Å². The standard InChI is InChI=1S/C18H21NO4/c1-22-14-11-13(20)15(12-7-4-3-5-8-12)16-18(14,17(21)23-2)9-6-10-19-16/h3-5,7-8,11,15-16,19H,6,9-10H2,1-2H3/t15-,16-,18-/m1/s1. The molecule has 5 nitrogen and oxygen atoms in total. The highest BCUT2D eigenvalue weighted by molar-refractivity contribution is 6.01. The summed E-state index contributed by atoms with van der Waals surface area (Å²) in [7, 11) is 2.88. The molecular weight excluding hydrogens is 294 g/mol. The molecule has 122 valence electrons. The predicted molar refractivity (Wildman–Crippen MR) is 84.8 cm³/mol. The van der Waals surface area contributed by atoms with Crippen LogP contribution in [0.4, 0.5) is 0 Å². The number of piperidine rings is 1. The molecule has 0 aromatic heterocycles. The average Bonchev–Trinajstić information content (AvgIpc) is 2.60. The molecule has 1 saturated heterocycles. The maximum absolute atomic E-state index is 12.7. The highest BCUT2D eigenvalue weighted by atomic mass is 16.5. The quantitative estimate of drug-likeness (QED) is 0.862. The number of esters is 1. The van der Waals surface area contributed by atoms with Gasteiger partial charge in [-0.3, -0.25) is 9.59 Å². The Kier molecular flexibility index (Phi) is 4.22. The summed E-state index contributed by atoms with van der Waals surface area (Å²) >= 11 is 0. The largest absolute Gasteiger partial charge is 0.500 e. The lowest BCUT2D eigenvalue weighted by atomic mass is 9.62. The van der Waals surface area contributed by atoms with Crippen LogP contribution in [0.1, 0.15) is 24.3 Å². The minimum Gasteiger partial charge on any atom is -0.500 e. The molecule has 1 N–H and O–H groups in total. The van der Waals surface area contributed by atoms with Crippen LogP contribution in [0.3, 0.4) is 0 Å². The maximum atomic E-state index is 12.7. The molecule has 0 spiro atoms. The topological polar surface area (TPSA) is 64.6 Å². The second-order valence-corrected chi connectivity index (χ2v) is 6.00. The molecule has 1 heterocycles. The maximum Gasteiger partial charge on any atom is 0.321 e. The molecule has 2 aliphatic rings. The van der Waals surface area contributed by atoms with Crippen molar-refractivity contribution >= 4 is 11.8 Å². The first kappa shape index (κ1) is 15.7. The van der Waals surface area contributed by atoms with Crippen LogP contribution in [-0.4, -0.2) is 38.6 Å².